The molecule has 0 saturated heterocycles. The van der Waals surface area contributed by atoms with Crippen LogP contribution in [0.25, 0.3) is 0 Å². The third-order valence-electron chi connectivity index (χ3n) is 3.76. The number of aromatic nitrogens is 3. The smallest absolute Gasteiger partial charge is 0.234 e. The van der Waals surface area contributed by atoms with Gasteiger partial charge in [-0.05, 0) is 31.2 Å². The Balaban J connectivity index is 1.59. The lowest BCUT2D eigenvalue weighted by Crippen LogP contribution is -2.14. The first-order valence-electron chi connectivity index (χ1n) is 8.32. The molecule has 140 valence electrons. The molecule has 3 aromatic rings. The third kappa shape index (κ3) is 5.02. The molecule has 0 aliphatic rings. The van der Waals surface area contributed by atoms with Crippen LogP contribution >= 0.6 is 23.4 Å². The average Bonchev–Trinajstić information content (AvgIpc) is 3.03. The lowest BCUT2D eigenvalue weighted by Gasteiger charge is -2.15. The summed E-state index contributed by atoms with van der Waals surface area (Å²) in [6.07, 6.45) is -0.338. The summed E-state index contributed by atoms with van der Waals surface area (Å²) in [4.78, 5) is 12.1. The highest BCUT2D eigenvalue weighted by molar-refractivity contribution is 7.99. The first-order valence-corrected chi connectivity index (χ1v) is 9.69. The summed E-state index contributed by atoms with van der Waals surface area (Å²) in [6, 6.07) is 16.6. The molecule has 3 rings (SSSR count). The SMILES string of the molecule is C[C@@H](Oc1ccccc1Cl)c1nnc(SCC(=O)Nc2ccccc2)n1C. The molecule has 0 aliphatic heterocycles. The van der Waals surface area contributed by atoms with Crippen LogP contribution in [0.3, 0.4) is 0 Å². The van der Waals surface area contributed by atoms with E-state index in [0.717, 1.165) is 5.69 Å². The maximum atomic E-state index is 12.1. The molecule has 1 heterocycles. The number of para-hydroxylation sites is 2. The lowest BCUT2D eigenvalue weighted by molar-refractivity contribution is -0.113. The van der Waals surface area contributed by atoms with E-state index in [0.29, 0.717) is 21.8 Å². The van der Waals surface area contributed by atoms with Gasteiger partial charge in [0.25, 0.3) is 0 Å². The molecule has 1 amide bonds. The van der Waals surface area contributed by atoms with Crippen LogP contribution in [0.1, 0.15) is 18.9 Å². The fraction of sp³-hybridized carbons (Fsp3) is 0.211. The van der Waals surface area contributed by atoms with E-state index in [9.17, 15) is 4.79 Å². The summed E-state index contributed by atoms with van der Waals surface area (Å²) in [5.41, 5.74) is 0.767. The number of nitrogens with zero attached hydrogens (tertiary/aromatic N) is 3. The maximum absolute atomic E-state index is 12.1. The Labute approximate surface area is 166 Å². The number of hydrogen-bond acceptors (Lipinski definition) is 5. The van der Waals surface area contributed by atoms with Gasteiger partial charge in [-0.25, -0.2) is 0 Å². The van der Waals surface area contributed by atoms with Gasteiger partial charge in [0.2, 0.25) is 5.91 Å². The standard InChI is InChI=1S/C19H19ClN4O2S/c1-13(26-16-11-7-6-10-15(16)20)18-22-23-19(24(18)2)27-12-17(25)21-14-8-4-3-5-9-14/h3-11,13H,12H2,1-2H3,(H,21,25)/t13-/m1/s1. The van der Waals surface area contributed by atoms with Gasteiger partial charge in [-0.15, -0.1) is 10.2 Å². The predicted molar refractivity (Wildman–Crippen MR) is 107 cm³/mol. The number of anilines is 1. The minimum Gasteiger partial charge on any atom is -0.481 e. The van der Waals surface area contributed by atoms with E-state index >= 15 is 0 Å². The maximum Gasteiger partial charge on any atom is 0.234 e. The average molecular weight is 403 g/mol. The van der Waals surface area contributed by atoms with E-state index in [1.165, 1.54) is 11.8 Å². The Bertz CT molecular complexity index is 917. The molecular formula is C19H19ClN4O2S. The Kier molecular flexibility index (Phi) is 6.36. The number of carbonyl (C=O) groups is 1. The Hall–Kier alpha value is -2.51. The number of halogens is 1. The zero-order valence-electron chi connectivity index (χ0n) is 14.9. The molecule has 1 N–H and O–H groups in total. The minimum atomic E-state index is -0.338. The van der Waals surface area contributed by atoms with Crippen LogP contribution in [0.2, 0.25) is 5.02 Å². The van der Waals surface area contributed by atoms with Crippen LogP contribution in [0, 0.1) is 0 Å². The number of nitrogens with one attached hydrogen (secondary N) is 1. The van der Waals surface area contributed by atoms with Crippen molar-refractivity contribution >= 4 is 35.0 Å². The Morgan fingerprint density at radius 2 is 1.89 bits per heavy atom. The highest BCUT2D eigenvalue weighted by Gasteiger charge is 2.18. The summed E-state index contributed by atoms with van der Waals surface area (Å²) in [5, 5.41) is 12.4. The van der Waals surface area contributed by atoms with Crippen molar-refractivity contribution in [2.75, 3.05) is 11.1 Å². The van der Waals surface area contributed by atoms with E-state index in [-0.39, 0.29) is 17.8 Å². The second kappa shape index (κ2) is 8.92. The number of benzene rings is 2. The summed E-state index contributed by atoms with van der Waals surface area (Å²) in [5.74, 6) is 1.38. The van der Waals surface area contributed by atoms with Crippen molar-refractivity contribution in [3.63, 3.8) is 0 Å². The Morgan fingerprint density at radius 3 is 2.63 bits per heavy atom. The van der Waals surface area contributed by atoms with E-state index in [1.807, 2.05) is 61.0 Å². The quantitative estimate of drug-likeness (QED) is 0.595. The van der Waals surface area contributed by atoms with Gasteiger partial charge in [0.1, 0.15) is 5.75 Å². The number of hydrogen-bond donors (Lipinski definition) is 1. The number of ether oxygens (including phenoxy) is 1. The monoisotopic (exact) mass is 402 g/mol. The molecule has 0 bridgehead atoms. The van der Waals surface area contributed by atoms with Gasteiger partial charge >= 0.3 is 0 Å². The third-order valence-corrected chi connectivity index (χ3v) is 5.09. The van der Waals surface area contributed by atoms with Crippen LogP contribution in [-0.4, -0.2) is 26.4 Å². The molecular weight excluding hydrogens is 384 g/mol. The molecule has 8 heteroatoms. The highest BCUT2D eigenvalue weighted by atomic mass is 35.5. The topological polar surface area (TPSA) is 69.0 Å². The normalized spacial score (nSPS) is 11.8. The zero-order valence-corrected chi connectivity index (χ0v) is 16.5. The molecule has 0 fully saturated rings. The fourth-order valence-electron chi connectivity index (χ4n) is 2.44. The molecule has 0 saturated carbocycles. The summed E-state index contributed by atoms with van der Waals surface area (Å²) >= 11 is 7.45. The van der Waals surface area contributed by atoms with Gasteiger partial charge < -0.3 is 14.6 Å². The summed E-state index contributed by atoms with van der Waals surface area (Å²) < 4.78 is 7.71. The van der Waals surface area contributed by atoms with Gasteiger partial charge in [0.05, 0.1) is 10.8 Å². The van der Waals surface area contributed by atoms with Crippen molar-refractivity contribution in [1.82, 2.24) is 14.8 Å². The summed E-state index contributed by atoms with van der Waals surface area (Å²) in [7, 11) is 1.85. The first-order chi connectivity index (χ1) is 13.0. The van der Waals surface area contributed by atoms with Crippen LogP contribution in [0.15, 0.2) is 59.8 Å². The largest absolute Gasteiger partial charge is 0.481 e. The van der Waals surface area contributed by atoms with Gasteiger partial charge in [-0.3, -0.25) is 4.79 Å². The Morgan fingerprint density at radius 1 is 1.19 bits per heavy atom. The van der Waals surface area contributed by atoms with Crippen molar-refractivity contribution in [3.8, 4) is 5.75 Å². The summed E-state index contributed by atoms with van der Waals surface area (Å²) in [6.45, 7) is 1.88. The molecule has 6 nitrogen and oxygen atoms in total. The van der Waals surface area contributed by atoms with Crippen LogP contribution < -0.4 is 10.1 Å². The van der Waals surface area contributed by atoms with Crippen molar-refractivity contribution in [3.05, 3.63) is 65.4 Å². The van der Waals surface area contributed by atoms with Crippen LogP contribution in [0.4, 0.5) is 5.69 Å². The van der Waals surface area contributed by atoms with E-state index in [2.05, 4.69) is 15.5 Å². The molecule has 0 unspecified atom stereocenters. The molecule has 2 aromatic carbocycles. The van der Waals surface area contributed by atoms with Crippen molar-refractivity contribution < 1.29 is 9.53 Å². The van der Waals surface area contributed by atoms with Crippen molar-refractivity contribution in [1.29, 1.82) is 0 Å². The minimum absolute atomic E-state index is 0.101. The molecule has 0 spiro atoms. The number of carbonyl (C=O) groups excluding carboxylic acids is 1. The molecule has 27 heavy (non-hydrogen) atoms. The van der Waals surface area contributed by atoms with Gasteiger partial charge in [-0.1, -0.05) is 53.7 Å². The van der Waals surface area contributed by atoms with Crippen molar-refractivity contribution in [2.45, 2.75) is 18.2 Å². The van der Waals surface area contributed by atoms with E-state index < -0.39 is 0 Å². The van der Waals surface area contributed by atoms with Crippen LogP contribution in [0.5, 0.6) is 5.75 Å². The van der Waals surface area contributed by atoms with Gasteiger partial charge in [-0.2, -0.15) is 0 Å². The van der Waals surface area contributed by atoms with Gasteiger partial charge in [0, 0.05) is 12.7 Å². The van der Waals surface area contributed by atoms with Crippen LogP contribution in [-0.2, 0) is 11.8 Å². The second-order valence-corrected chi connectivity index (χ2v) is 7.14. The highest BCUT2D eigenvalue weighted by Crippen LogP contribution is 2.29. The van der Waals surface area contributed by atoms with E-state index in [4.69, 9.17) is 16.3 Å². The number of rotatable bonds is 7. The first kappa shape index (κ1) is 19.3. The molecule has 0 radical (unpaired) electrons. The molecule has 1 atom stereocenters. The number of amides is 1. The van der Waals surface area contributed by atoms with E-state index in [1.54, 1.807) is 12.1 Å². The number of thioether (sulfide) groups is 1. The van der Waals surface area contributed by atoms with Gasteiger partial charge in [0.15, 0.2) is 17.1 Å². The molecule has 0 aliphatic carbocycles. The molecule has 1 aromatic heterocycles. The second-order valence-electron chi connectivity index (χ2n) is 5.79. The fourth-order valence-corrected chi connectivity index (χ4v) is 3.34. The van der Waals surface area contributed by atoms with Crippen molar-refractivity contribution in [2.24, 2.45) is 7.05 Å². The lowest BCUT2D eigenvalue weighted by atomic mass is 10.3. The zero-order chi connectivity index (χ0) is 19.2. The predicted octanol–water partition coefficient (Wildman–Crippen LogP) is 4.34.